The quantitative estimate of drug-likeness (QED) is 0.742. The molecular weight excluding hydrogens is 292 g/mol. The van der Waals surface area contributed by atoms with Gasteiger partial charge in [0.05, 0.1) is 17.6 Å². The molecule has 3 heterocycles. The van der Waals surface area contributed by atoms with Crippen LogP contribution in [0.1, 0.15) is 17.5 Å². The van der Waals surface area contributed by atoms with Crippen molar-refractivity contribution in [3.63, 3.8) is 0 Å². The molecule has 20 heavy (non-hydrogen) atoms. The highest BCUT2D eigenvalue weighted by atomic mass is 35.5. The van der Waals surface area contributed by atoms with Crippen LogP contribution in [0.25, 0.3) is 10.2 Å². The Hall–Kier alpha value is -1.72. The van der Waals surface area contributed by atoms with Gasteiger partial charge in [0.15, 0.2) is 0 Å². The first kappa shape index (κ1) is 13.3. The number of thiophene rings is 1. The van der Waals surface area contributed by atoms with E-state index in [2.05, 4.69) is 33.3 Å². The van der Waals surface area contributed by atoms with Crippen LogP contribution >= 0.6 is 22.9 Å². The summed E-state index contributed by atoms with van der Waals surface area (Å²) in [7, 11) is 0. The molecule has 0 amide bonds. The number of rotatable bonds is 4. The number of nitrogens with one attached hydrogen (secondary N) is 1. The maximum Gasteiger partial charge on any atom is 0.225 e. The monoisotopic (exact) mass is 304 g/mol. The van der Waals surface area contributed by atoms with Gasteiger partial charge in [-0.15, -0.1) is 11.3 Å². The van der Waals surface area contributed by atoms with E-state index in [0.29, 0.717) is 6.54 Å². The lowest BCUT2D eigenvalue weighted by Gasteiger charge is -2.06. The van der Waals surface area contributed by atoms with Crippen molar-refractivity contribution in [1.29, 1.82) is 0 Å². The molecule has 0 saturated carbocycles. The van der Waals surface area contributed by atoms with Gasteiger partial charge in [0.25, 0.3) is 0 Å². The summed E-state index contributed by atoms with van der Waals surface area (Å²) in [6, 6.07) is 7.96. The molecule has 102 valence electrons. The topological polar surface area (TPSA) is 50.7 Å². The van der Waals surface area contributed by atoms with E-state index >= 15 is 0 Å². The van der Waals surface area contributed by atoms with E-state index in [4.69, 9.17) is 11.6 Å². The highest BCUT2D eigenvalue weighted by Gasteiger charge is 2.10. The van der Waals surface area contributed by atoms with Crippen molar-refractivity contribution >= 4 is 39.0 Å². The Balaban J connectivity index is 1.92. The molecule has 0 spiro atoms. The highest BCUT2D eigenvalue weighted by Crippen LogP contribution is 2.30. The minimum Gasteiger partial charge on any atom is -0.364 e. The number of aryl methyl sites for hydroxylation is 1. The molecule has 0 aliphatic rings. The van der Waals surface area contributed by atoms with Crippen LogP contribution in [0.3, 0.4) is 0 Å². The molecule has 6 heteroatoms. The molecule has 1 N–H and O–H groups in total. The summed E-state index contributed by atoms with van der Waals surface area (Å²) in [5.41, 5.74) is 0.960. The molecule has 3 aromatic heterocycles. The summed E-state index contributed by atoms with van der Waals surface area (Å²) < 4.78 is 0. The Labute approximate surface area is 125 Å². The first-order valence-corrected chi connectivity index (χ1v) is 7.55. The van der Waals surface area contributed by atoms with E-state index in [1.165, 1.54) is 4.88 Å². The minimum absolute atomic E-state index is 0.269. The largest absolute Gasteiger partial charge is 0.364 e. The zero-order valence-electron chi connectivity index (χ0n) is 10.9. The second-order valence-corrected chi connectivity index (χ2v) is 5.75. The van der Waals surface area contributed by atoms with Gasteiger partial charge in [-0.3, -0.25) is 4.98 Å². The summed E-state index contributed by atoms with van der Waals surface area (Å²) in [5, 5.41) is 4.58. The third-order valence-electron chi connectivity index (χ3n) is 2.93. The average molecular weight is 305 g/mol. The fourth-order valence-corrected chi connectivity index (χ4v) is 3.12. The van der Waals surface area contributed by atoms with Gasteiger partial charge in [-0.2, -0.15) is 0 Å². The number of aromatic nitrogens is 3. The molecule has 0 aliphatic carbocycles. The average Bonchev–Trinajstić information content (AvgIpc) is 2.88. The smallest absolute Gasteiger partial charge is 0.225 e. The minimum atomic E-state index is 0.269. The molecule has 0 radical (unpaired) electrons. The van der Waals surface area contributed by atoms with E-state index in [1.54, 1.807) is 17.5 Å². The van der Waals surface area contributed by atoms with Gasteiger partial charge >= 0.3 is 0 Å². The van der Waals surface area contributed by atoms with E-state index in [-0.39, 0.29) is 5.28 Å². The molecule has 0 bridgehead atoms. The van der Waals surface area contributed by atoms with Crippen LogP contribution in [0.15, 0.2) is 30.5 Å². The third-order valence-corrected chi connectivity index (χ3v) is 4.27. The molecule has 0 aromatic carbocycles. The molecule has 4 nitrogen and oxygen atoms in total. The van der Waals surface area contributed by atoms with Crippen LogP contribution in [-0.2, 0) is 13.0 Å². The lowest BCUT2D eigenvalue weighted by atomic mass is 10.3. The van der Waals surface area contributed by atoms with Crippen LogP contribution in [0.4, 0.5) is 5.82 Å². The van der Waals surface area contributed by atoms with Crippen molar-refractivity contribution < 1.29 is 0 Å². The van der Waals surface area contributed by atoms with Crippen molar-refractivity contribution in [2.24, 2.45) is 0 Å². The van der Waals surface area contributed by atoms with Gasteiger partial charge in [-0.05, 0) is 36.2 Å². The van der Waals surface area contributed by atoms with Crippen LogP contribution in [0.5, 0.6) is 0 Å². The van der Waals surface area contributed by atoms with E-state index < -0.39 is 0 Å². The summed E-state index contributed by atoms with van der Waals surface area (Å²) in [6.45, 7) is 2.74. The van der Waals surface area contributed by atoms with Crippen molar-refractivity contribution in [2.45, 2.75) is 19.9 Å². The number of anilines is 1. The fourth-order valence-electron chi connectivity index (χ4n) is 1.93. The molecule has 3 rings (SSSR count). The third kappa shape index (κ3) is 2.73. The first-order chi connectivity index (χ1) is 9.76. The van der Waals surface area contributed by atoms with Crippen LogP contribution in [-0.4, -0.2) is 15.0 Å². The van der Waals surface area contributed by atoms with Crippen LogP contribution in [0.2, 0.25) is 5.28 Å². The Morgan fingerprint density at radius 2 is 2.20 bits per heavy atom. The van der Waals surface area contributed by atoms with Crippen LogP contribution < -0.4 is 5.32 Å². The van der Waals surface area contributed by atoms with Crippen molar-refractivity contribution in [3.8, 4) is 0 Å². The van der Waals surface area contributed by atoms with Gasteiger partial charge < -0.3 is 5.32 Å². The normalized spacial score (nSPS) is 10.9. The second kappa shape index (κ2) is 5.73. The van der Waals surface area contributed by atoms with Gasteiger partial charge in [0.2, 0.25) is 5.28 Å². The SMILES string of the molecule is CCc1cc2c(NCc3ccccn3)nc(Cl)nc2s1. The van der Waals surface area contributed by atoms with Crippen molar-refractivity contribution in [1.82, 2.24) is 15.0 Å². The van der Waals surface area contributed by atoms with E-state index in [1.807, 2.05) is 18.2 Å². The highest BCUT2D eigenvalue weighted by molar-refractivity contribution is 7.18. The molecular formula is C14H13ClN4S. The fraction of sp³-hybridized carbons (Fsp3) is 0.214. The Bertz CT molecular complexity index is 727. The molecule has 0 aliphatic heterocycles. The number of hydrogen-bond donors (Lipinski definition) is 1. The number of hydrogen-bond acceptors (Lipinski definition) is 5. The standard InChI is InChI=1S/C14H13ClN4S/c1-2-10-7-11-12(18-14(15)19-13(11)20-10)17-8-9-5-3-4-6-16-9/h3-7H,2,8H2,1H3,(H,17,18,19). The molecule has 0 saturated heterocycles. The molecule has 3 aromatic rings. The zero-order valence-corrected chi connectivity index (χ0v) is 12.5. The summed E-state index contributed by atoms with van der Waals surface area (Å²) >= 11 is 7.64. The summed E-state index contributed by atoms with van der Waals surface area (Å²) in [6.07, 6.45) is 2.76. The molecule has 0 unspecified atom stereocenters. The van der Waals surface area contributed by atoms with E-state index in [9.17, 15) is 0 Å². The Morgan fingerprint density at radius 1 is 1.30 bits per heavy atom. The van der Waals surface area contributed by atoms with E-state index in [0.717, 1.165) is 28.1 Å². The maximum atomic E-state index is 5.99. The van der Waals surface area contributed by atoms with Gasteiger partial charge in [-0.25, -0.2) is 9.97 Å². The Morgan fingerprint density at radius 3 is 2.95 bits per heavy atom. The predicted octanol–water partition coefficient (Wildman–Crippen LogP) is 3.91. The maximum absolute atomic E-state index is 5.99. The predicted molar refractivity (Wildman–Crippen MR) is 83.4 cm³/mol. The number of pyridine rings is 1. The number of nitrogens with zero attached hydrogens (tertiary/aromatic N) is 3. The second-order valence-electron chi connectivity index (χ2n) is 4.30. The van der Waals surface area contributed by atoms with Gasteiger partial charge in [0.1, 0.15) is 10.6 Å². The van der Waals surface area contributed by atoms with Crippen LogP contribution in [0, 0.1) is 0 Å². The molecule has 0 fully saturated rings. The van der Waals surface area contributed by atoms with Crippen molar-refractivity contribution in [3.05, 3.63) is 46.3 Å². The number of fused-ring (bicyclic) bond motifs is 1. The Kier molecular flexibility index (Phi) is 3.80. The zero-order chi connectivity index (χ0) is 13.9. The van der Waals surface area contributed by atoms with Crippen molar-refractivity contribution in [2.75, 3.05) is 5.32 Å². The lowest BCUT2D eigenvalue weighted by molar-refractivity contribution is 1.03. The van der Waals surface area contributed by atoms with Gasteiger partial charge in [-0.1, -0.05) is 13.0 Å². The van der Waals surface area contributed by atoms with Gasteiger partial charge in [0, 0.05) is 11.1 Å². The lowest BCUT2D eigenvalue weighted by Crippen LogP contribution is -2.03. The number of halogens is 1. The summed E-state index contributed by atoms with van der Waals surface area (Å²) in [4.78, 5) is 15.0. The first-order valence-electron chi connectivity index (χ1n) is 6.36. The summed E-state index contributed by atoms with van der Waals surface area (Å²) in [5.74, 6) is 0.765. The molecule has 0 atom stereocenters.